The zero-order chi connectivity index (χ0) is 14.4. The van der Waals surface area contributed by atoms with Crippen LogP contribution in [0.25, 0.3) is 0 Å². The number of benzene rings is 1. The standard InChI is InChI=1S/C15H20N2O3/c1-11(17-19)12-6-8-14(9-7-12)20-10-15(18)16-13-4-2-3-5-13/h6-9,13,19H,2-5,10H2,1H3,(H,16,18). The predicted octanol–water partition coefficient (Wildman–Crippen LogP) is 2.32. The summed E-state index contributed by atoms with van der Waals surface area (Å²) in [6, 6.07) is 7.41. The van der Waals surface area contributed by atoms with E-state index in [4.69, 9.17) is 9.94 Å². The van der Waals surface area contributed by atoms with E-state index in [1.165, 1.54) is 12.8 Å². The summed E-state index contributed by atoms with van der Waals surface area (Å²) in [5, 5.41) is 14.8. The number of amides is 1. The van der Waals surface area contributed by atoms with E-state index < -0.39 is 0 Å². The molecule has 0 aromatic heterocycles. The van der Waals surface area contributed by atoms with Crippen LogP contribution in [0.5, 0.6) is 5.75 Å². The Hall–Kier alpha value is -2.04. The topological polar surface area (TPSA) is 70.9 Å². The van der Waals surface area contributed by atoms with Crippen molar-refractivity contribution in [2.45, 2.75) is 38.6 Å². The Bertz CT molecular complexity index is 476. The number of nitrogens with zero attached hydrogens (tertiary/aromatic N) is 1. The van der Waals surface area contributed by atoms with Gasteiger partial charge in [0, 0.05) is 6.04 Å². The van der Waals surface area contributed by atoms with E-state index in [1.54, 1.807) is 31.2 Å². The first-order valence-corrected chi connectivity index (χ1v) is 6.90. The maximum absolute atomic E-state index is 11.7. The van der Waals surface area contributed by atoms with Gasteiger partial charge in [-0.15, -0.1) is 0 Å². The number of carbonyl (C=O) groups is 1. The van der Waals surface area contributed by atoms with Crippen LogP contribution >= 0.6 is 0 Å². The number of nitrogens with one attached hydrogen (secondary N) is 1. The fraction of sp³-hybridized carbons (Fsp3) is 0.467. The van der Waals surface area contributed by atoms with Crippen molar-refractivity contribution in [3.8, 4) is 5.75 Å². The lowest BCUT2D eigenvalue weighted by atomic mass is 10.1. The van der Waals surface area contributed by atoms with Crippen LogP contribution in [0.1, 0.15) is 38.2 Å². The SMILES string of the molecule is CC(=NO)c1ccc(OCC(=O)NC2CCCC2)cc1. The Morgan fingerprint density at radius 2 is 2.00 bits per heavy atom. The fourth-order valence-electron chi connectivity index (χ4n) is 2.34. The minimum atomic E-state index is -0.0749. The third-order valence-corrected chi connectivity index (χ3v) is 3.51. The predicted molar refractivity (Wildman–Crippen MR) is 76.3 cm³/mol. The molecular formula is C15H20N2O3. The van der Waals surface area contributed by atoms with E-state index in [-0.39, 0.29) is 12.5 Å². The normalized spacial score (nSPS) is 16.1. The van der Waals surface area contributed by atoms with Crippen molar-refractivity contribution >= 4 is 11.6 Å². The summed E-state index contributed by atoms with van der Waals surface area (Å²) in [5.74, 6) is 0.551. The molecule has 1 aromatic rings. The summed E-state index contributed by atoms with van der Waals surface area (Å²) < 4.78 is 5.43. The van der Waals surface area contributed by atoms with Crippen molar-refractivity contribution in [2.24, 2.45) is 5.16 Å². The molecule has 2 rings (SSSR count). The zero-order valence-corrected chi connectivity index (χ0v) is 11.6. The monoisotopic (exact) mass is 276 g/mol. The molecule has 108 valence electrons. The van der Waals surface area contributed by atoms with Crippen LogP contribution < -0.4 is 10.1 Å². The van der Waals surface area contributed by atoms with E-state index in [2.05, 4.69) is 10.5 Å². The Morgan fingerprint density at radius 3 is 2.60 bits per heavy atom. The lowest BCUT2D eigenvalue weighted by Crippen LogP contribution is -2.36. The van der Waals surface area contributed by atoms with Crippen LogP contribution in [-0.2, 0) is 4.79 Å². The van der Waals surface area contributed by atoms with E-state index >= 15 is 0 Å². The minimum absolute atomic E-state index is 0.0307. The molecule has 0 heterocycles. The van der Waals surface area contributed by atoms with Gasteiger partial charge in [0.2, 0.25) is 0 Å². The molecule has 2 N–H and O–H groups in total. The average molecular weight is 276 g/mol. The van der Waals surface area contributed by atoms with Crippen LogP contribution in [0, 0.1) is 0 Å². The highest BCUT2D eigenvalue weighted by Gasteiger charge is 2.17. The van der Waals surface area contributed by atoms with Gasteiger partial charge in [0.1, 0.15) is 5.75 Å². The molecule has 1 fully saturated rings. The third-order valence-electron chi connectivity index (χ3n) is 3.51. The Balaban J connectivity index is 1.79. The number of hydrogen-bond acceptors (Lipinski definition) is 4. The van der Waals surface area contributed by atoms with E-state index in [1.807, 2.05) is 0 Å². The first-order valence-electron chi connectivity index (χ1n) is 6.90. The number of ether oxygens (including phenoxy) is 1. The highest BCUT2D eigenvalue weighted by molar-refractivity contribution is 5.98. The first-order chi connectivity index (χ1) is 9.69. The Morgan fingerprint density at radius 1 is 1.35 bits per heavy atom. The summed E-state index contributed by atoms with van der Waals surface area (Å²) in [5.41, 5.74) is 1.35. The summed E-state index contributed by atoms with van der Waals surface area (Å²) >= 11 is 0. The van der Waals surface area contributed by atoms with Gasteiger partial charge in [-0.2, -0.15) is 0 Å². The van der Waals surface area contributed by atoms with E-state index in [0.29, 0.717) is 17.5 Å². The Kier molecular flexibility index (Phi) is 4.98. The molecule has 5 nitrogen and oxygen atoms in total. The zero-order valence-electron chi connectivity index (χ0n) is 11.6. The van der Waals surface area contributed by atoms with Gasteiger partial charge in [-0.1, -0.05) is 18.0 Å². The molecule has 0 spiro atoms. The molecule has 0 radical (unpaired) electrons. The summed E-state index contributed by atoms with van der Waals surface area (Å²) in [7, 11) is 0. The lowest BCUT2D eigenvalue weighted by molar-refractivity contribution is -0.123. The van der Waals surface area contributed by atoms with Gasteiger partial charge in [0.15, 0.2) is 6.61 Å². The van der Waals surface area contributed by atoms with Gasteiger partial charge in [0.25, 0.3) is 5.91 Å². The van der Waals surface area contributed by atoms with Gasteiger partial charge < -0.3 is 15.3 Å². The number of carbonyl (C=O) groups excluding carboxylic acids is 1. The number of oxime groups is 1. The van der Waals surface area contributed by atoms with Crippen LogP contribution in [0.3, 0.4) is 0 Å². The molecule has 1 amide bonds. The van der Waals surface area contributed by atoms with Crippen molar-refractivity contribution in [2.75, 3.05) is 6.61 Å². The maximum Gasteiger partial charge on any atom is 0.258 e. The average Bonchev–Trinajstić information content (AvgIpc) is 2.97. The van der Waals surface area contributed by atoms with Crippen LogP contribution in [0.15, 0.2) is 29.4 Å². The minimum Gasteiger partial charge on any atom is -0.484 e. The molecule has 0 saturated heterocycles. The summed E-state index contributed by atoms with van der Waals surface area (Å²) in [6.07, 6.45) is 4.53. The molecule has 1 aliphatic carbocycles. The summed E-state index contributed by atoms with van der Waals surface area (Å²) in [4.78, 5) is 11.7. The van der Waals surface area contributed by atoms with Gasteiger partial charge in [-0.3, -0.25) is 4.79 Å². The highest BCUT2D eigenvalue weighted by atomic mass is 16.5. The van der Waals surface area contributed by atoms with Crippen molar-refractivity contribution < 1.29 is 14.7 Å². The third kappa shape index (κ3) is 3.98. The quantitative estimate of drug-likeness (QED) is 0.492. The molecule has 20 heavy (non-hydrogen) atoms. The van der Waals surface area contributed by atoms with Gasteiger partial charge in [-0.05, 0) is 49.6 Å². The molecular weight excluding hydrogens is 256 g/mol. The van der Waals surface area contributed by atoms with Crippen LogP contribution in [-0.4, -0.2) is 29.5 Å². The summed E-state index contributed by atoms with van der Waals surface area (Å²) in [6.45, 7) is 1.74. The highest BCUT2D eigenvalue weighted by Crippen LogP contribution is 2.17. The lowest BCUT2D eigenvalue weighted by Gasteiger charge is -2.12. The van der Waals surface area contributed by atoms with Crippen LogP contribution in [0.4, 0.5) is 0 Å². The van der Waals surface area contributed by atoms with Crippen molar-refractivity contribution in [3.05, 3.63) is 29.8 Å². The second-order valence-corrected chi connectivity index (χ2v) is 5.05. The Labute approximate surface area is 118 Å². The van der Waals surface area contributed by atoms with Crippen molar-refractivity contribution in [1.82, 2.24) is 5.32 Å². The molecule has 5 heteroatoms. The van der Waals surface area contributed by atoms with Crippen LogP contribution in [0.2, 0.25) is 0 Å². The molecule has 1 saturated carbocycles. The van der Waals surface area contributed by atoms with Gasteiger partial charge in [0.05, 0.1) is 5.71 Å². The van der Waals surface area contributed by atoms with Gasteiger partial charge >= 0.3 is 0 Å². The van der Waals surface area contributed by atoms with Crippen molar-refractivity contribution in [3.63, 3.8) is 0 Å². The van der Waals surface area contributed by atoms with Gasteiger partial charge in [-0.25, -0.2) is 0 Å². The van der Waals surface area contributed by atoms with E-state index in [9.17, 15) is 4.79 Å². The number of rotatable bonds is 5. The first kappa shape index (κ1) is 14.4. The van der Waals surface area contributed by atoms with E-state index in [0.717, 1.165) is 18.4 Å². The second kappa shape index (κ2) is 6.93. The number of hydrogen-bond donors (Lipinski definition) is 2. The molecule has 1 aliphatic rings. The molecule has 0 unspecified atom stereocenters. The molecule has 0 bridgehead atoms. The second-order valence-electron chi connectivity index (χ2n) is 5.05. The largest absolute Gasteiger partial charge is 0.484 e. The molecule has 0 aliphatic heterocycles. The van der Waals surface area contributed by atoms with Crippen molar-refractivity contribution in [1.29, 1.82) is 0 Å². The molecule has 0 atom stereocenters. The molecule has 1 aromatic carbocycles. The fourth-order valence-corrected chi connectivity index (χ4v) is 2.34. The maximum atomic E-state index is 11.7. The smallest absolute Gasteiger partial charge is 0.258 e.